The van der Waals surface area contributed by atoms with Crippen LogP contribution in [0.2, 0.25) is 0 Å². The van der Waals surface area contributed by atoms with E-state index in [4.69, 9.17) is 4.74 Å². The van der Waals surface area contributed by atoms with Gasteiger partial charge in [-0.25, -0.2) is 0 Å². The van der Waals surface area contributed by atoms with E-state index >= 15 is 0 Å². The van der Waals surface area contributed by atoms with Crippen molar-refractivity contribution in [3.63, 3.8) is 0 Å². The van der Waals surface area contributed by atoms with Crippen LogP contribution in [0.1, 0.15) is 20.3 Å². The van der Waals surface area contributed by atoms with Crippen LogP contribution < -0.4 is 0 Å². The molecular weight excluding hydrogens is 100 g/mol. The third kappa shape index (κ3) is 0.334. The Morgan fingerprint density at radius 1 is 1.38 bits per heavy atom. The summed E-state index contributed by atoms with van der Waals surface area (Å²) in [6.07, 6.45) is 1.38. The average Bonchev–Trinajstić information content (AvgIpc) is 2.44. The molecule has 1 aliphatic heterocycles. The van der Waals surface area contributed by atoms with Crippen LogP contribution >= 0.6 is 0 Å². The summed E-state index contributed by atoms with van der Waals surface area (Å²) in [4.78, 5) is 0. The second kappa shape index (κ2) is 1.10. The molecule has 46 valence electrons. The van der Waals surface area contributed by atoms with E-state index < -0.39 is 0 Å². The molecule has 0 N–H and O–H groups in total. The first-order valence-electron chi connectivity index (χ1n) is 3.39. The average molecular weight is 112 g/mol. The Kier molecular flexibility index (Phi) is 0.663. The van der Waals surface area contributed by atoms with Crippen LogP contribution in [0.4, 0.5) is 0 Å². The number of hydrogen-bond acceptors (Lipinski definition) is 1. The van der Waals surface area contributed by atoms with Gasteiger partial charge in [-0.15, -0.1) is 0 Å². The van der Waals surface area contributed by atoms with Crippen molar-refractivity contribution in [2.24, 2.45) is 11.8 Å². The van der Waals surface area contributed by atoms with Gasteiger partial charge in [-0.05, 0) is 18.3 Å². The Balaban J connectivity index is 2.11. The first-order chi connectivity index (χ1) is 3.76. The molecule has 0 amide bonds. The molecule has 2 rings (SSSR count). The first kappa shape index (κ1) is 4.80. The smallest absolute Gasteiger partial charge is 0.0967 e. The fraction of sp³-hybridized carbons (Fsp3) is 1.00. The maximum atomic E-state index is 5.36. The van der Waals surface area contributed by atoms with Crippen LogP contribution in [0.15, 0.2) is 0 Å². The van der Waals surface area contributed by atoms with E-state index in [1.807, 2.05) is 0 Å². The molecule has 1 saturated heterocycles. The summed E-state index contributed by atoms with van der Waals surface area (Å²) in [5, 5.41) is 0. The van der Waals surface area contributed by atoms with Crippen molar-refractivity contribution in [3.8, 4) is 0 Å². The zero-order valence-corrected chi connectivity index (χ0v) is 5.48. The second-order valence-corrected chi connectivity index (χ2v) is 3.28. The summed E-state index contributed by atoms with van der Waals surface area (Å²) in [5.41, 5.74) is 0.389. The predicted octanol–water partition coefficient (Wildman–Crippen LogP) is 1.43. The highest BCUT2D eigenvalue weighted by atomic mass is 16.6. The Hall–Kier alpha value is -0.0400. The monoisotopic (exact) mass is 112 g/mol. The highest BCUT2D eigenvalue weighted by molar-refractivity contribution is 5.08. The van der Waals surface area contributed by atoms with Gasteiger partial charge in [0.15, 0.2) is 0 Å². The lowest BCUT2D eigenvalue weighted by molar-refractivity contribution is 0.0488. The number of ether oxygens (including phenoxy) is 1. The molecule has 0 aromatic rings. The highest BCUT2D eigenvalue weighted by Crippen LogP contribution is 2.54. The van der Waals surface area contributed by atoms with Crippen LogP contribution in [0, 0.1) is 11.8 Å². The third-order valence-electron chi connectivity index (χ3n) is 2.85. The largest absolute Gasteiger partial charge is 0.369 e. The van der Waals surface area contributed by atoms with E-state index in [0.29, 0.717) is 5.60 Å². The summed E-state index contributed by atoms with van der Waals surface area (Å²) >= 11 is 0. The minimum absolute atomic E-state index is 0.389. The standard InChI is InChI=1S/C7H12O/c1-5-3-6(2)7(5)4-8-7/h5-6H,3-4H2,1-2H3. The lowest BCUT2D eigenvalue weighted by Gasteiger charge is -2.38. The molecule has 2 fully saturated rings. The van der Waals surface area contributed by atoms with Crippen molar-refractivity contribution < 1.29 is 4.74 Å². The third-order valence-corrected chi connectivity index (χ3v) is 2.85. The molecule has 8 heavy (non-hydrogen) atoms. The van der Waals surface area contributed by atoms with Crippen molar-refractivity contribution in [3.05, 3.63) is 0 Å². The molecule has 0 radical (unpaired) electrons. The van der Waals surface area contributed by atoms with Crippen LogP contribution in [-0.2, 0) is 4.74 Å². The molecule has 1 heteroatoms. The van der Waals surface area contributed by atoms with E-state index in [-0.39, 0.29) is 0 Å². The Labute approximate surface area is 50.0 Å². The van der Waals surface area contributed by atoms with Crippen molar-refractivity contribution in [1.29, 1.82) is 0 Å². The molecule has 1 nitrogen and oxygen atoms in total. The zero-order valence-electron chi connectivity index (χ0n) is 5.48. The second-order valence-electron chi connectivity index (χ2n) is 3.28. The Bertz CT molecular complexity index is 106. The Morgan fingerprint density at radius 2 is 1.88 bits per heavy atom. The molecule has 0 bridgehead atoms. The van der Waals surface area contributed by atoms with Gasteiger partial charge in [0.25, 0.3) is 0 Å². The van der Waals surface area contributed by atoms with Gasteiger partial charge in [0.05, 0.1) is 12.2 Å². The minimum Gasteiger partial charge on any atom is -0.369 e. The molecule has 1 heterocycles. The molecule has 2 unspecified atom stereocenters. The molecule has 0 aromatic heterocycles. The van der Waals surface area contributed by atoms with Crippen LogP contribution in [0.25, 0.3) is 0 Å². The van der Waals surface area contributed by atoms with Gasteiger partial charge in [-0.2, -0.15) is 0 Å². The molecule has 2 aliphatic rings. The normalized spacial score (nSPS) is 60.8. The number of hydrogen-bond donors (Lipinski definition) is 0. The minimum atomic E-state index is 0.389. The molecule has 2 atom stereocenters. The summed E-state index contributed by atoms with van der Waals surface area (Å²) in [6, 6.07) is 0. The first-order valence-corrected chi connectivity index (χ1v) is 3.39. The van der Waals surface area contributed by atoms with Gasteiger partial charge in [-0.1, -0.05) is 13.8 Å². The lowest BCUT2D eigenvalue weighted by atomic mass is 9.66. The van der Waals surface area contributed by atoms with E-state index in [0.717, 1.165) is 18.4 Å². The van der Waals surface area contributed by atoms with Crippen molar-refractivity contribution in [1.82, 2.24) is 0 Å². The number of epoxide rings is 1. The summed E-state index contributed by atoms with van der Waals surface area (Å²) < 4.78 is 5.36. The molecule has 0 aromatic carbocycles. The highest BCUT2D eigenvalue weighted by Gasteiger charge is 2.60. The van der Waals surface area contributed by atoms with Gasteiger partial charge in [-0.3, -0.25) is 0 Å². The fourth-order valence-electron chi connectivity index (χ4n) is 1.91. The Morgan fingerprint density at radius 3 is 2.00 bits per heavy atom. The maximum Gasteiger partial charge on any atom is 0.0967 e. The van der Waals surface area contributed by atoms with Gasteiger partial charge in [0, 0.05) is 0 Å². The molecule has 1 aliphatic carbocycles. The molecule has 1 saturated carbocycles. The quantitative estimate of drug-likeness (QED) is 0.432. The summed E-state index contributed by atoms with van der Waals surface area (Å²) in [7, 11) is 0. The fourth-order valence-corrected chi connectivity index (χ4v) is 1.91. The lowest BCUT2D eigenvalue weighted by Crippen LogP contribution is -2.42. The van der Waals surface area contributed by atoms with E-state index in [9.17, 15) is 0 Å². The van der Waals surface area contributed by atoms with Crippen molar-refractivity contribution in [2.45, 2.75) is 25.9 Å². The molecule has 1 spiro atoms. The van der Waals surface area contributed by atoms with Gasteiger partial charge < -0.3 is 4.74 Å². The van der Waals surface area contributed by atoms with Crippen LogP contribution in [0.5, 0.6) is 0 Å². The van der Waals surface area contributed by atoms with Crippen molar-refractivity contribution in [2.75, 3.05) is 6.61 Å². The molecular formula is C7H12O. The van der Waals surface area contributed by atoms with Crippen LogP contribution in [-0.4, -0.2) is 12.2 Å². The van der Waals surface area contributed by atoms with E-state index in [1.54, 1.807) is 0 Å². The van der Waals surface area contributed by atoms with E-state index in [1.165, 1.54) is 6.42 Å². The summed E-state index contributed by atoms with van der Waals surface area (Å²) in [6.45, 7) is 5.61. The van der Waals surface area contributed by atoms with Crippen LogP contribution in [0.3, 0.4) is 0 Å². The van der Waals surface area contributed by atoms with Crippen molar-refractivity contribution >= 4 is 0 Å². The maximum absolute atomic E-state index is 5.36. The topological polar surface area (TPSA) is 12.5 Å². The summed E-state index contributed by atoms with van der Waals surface area (Å²) in [5.74, 6) is 1.69. The predicted molar refractivity (Wildman–Crippen MR) is 31.6 cm³/mol. The van der Waals surface area contributed by atoms with Gasteiger partial charge in [0.1, 0.15) is 0 Å². The zero-order chi connectivity index (χ0) is 5.78. The number of rotatable bonds is 0. The van der Waals surface area contributed by atoms with Gasteiger partial charge >= 0.3 is 0 Å². The SMILES string of the molecule is CC1CC(C)C12CO2. The van der Waals surface area contributed by atoms with E-state index in [2.05, 4.69) is 13.8 Å². The van der Waals surface area contributed by atoms with Gasteiger partial charge in [0.2, 0.25) is 0 Å².